The van der Waals surface area contributed by atoms with Crippen LogP contribution >= 0.6 is 0 Å². The highest BCUT2D eigenvalue weighted by Crippen LogP contribution is 2.37. The van der Waals surface area contributed by atoms with Crippen LogP contribution in [0, 0.1) is 57.8 Å². The maximum absolute atomic E-state index is 12.8. The van der Waals surface area contributed by atoms with Gasteiger partial charge in [-0.1, -0.05) is 248 Å². The Morgan fingerprint density at radius 1 is 0.767 bits per heavy atom. The number of nitrogens with zero attached hydrogens (tertiary/aromatic N) is 3. The number of piperidine rings is 1. The molecular weight excluding hydrogens is 1110 g/mol. The normalized spacial score (nSPS) is 15.0. The zero-order valence-corrected chi connectivity index (χ0v) is 62.2. The molecule has 510 valence electrons. The second kappa shape index (κ2) is 54.0. The number of methoxy groups -OCH3 is 1. The number of hydrogen-bond acceptors (Lipinski definition) is 7. The van der Waals surface area contributed by atoms with Crippen molar-refractivity contribution in [2.75, 3.05) is 24.4 Å². The molecule has 0 spiro atoms. The average molecular weight is 1250 g/mol. The van der Waals surface area contributed by atoms with Gasteiger partial charge in [-0.25, -0.2) is 0 Å². The topological polar surface area (TPSA) is 104 Å². The fraction of sp³-hybridized carbons (Fsp3) is 0.654. The molecule has 90 heavy (non-hydrogen) atoms. The van der Waals surface area contributed by atoms with Gasteiger partial charge in [-0.15, -0.1) is 12.3 Å². The Balaban J connectivity index is 0. The molecule has 2 N–H and O–H groups in total. The van der Waals surface area contributed by atoms with Crippen molar-refractivity contribution < 1.29 is 19.1 Å². The number of allylic oxidation sites excluding steroid dienone is 5. The second-order valence-corrected chi connectivity index (χ2v) is 24.3. The number of anilines is 2. The molecule has 3 heterocycles. The lowest BCUT2D eigenvalue weighted by atomic mass is 9.85. The fourth-order valence-corrected chi connectivity index (χ4v) is 10.8. The first-order valence-electron chi connectivity index (χ1n) is 36.1. The molecule has 9 heteroatoms. The van der Waals surface area contributed by atoms with E-state index in [9.17, 15) is 14.4 Å². The Hall–Kier alpha value is -5.62. The number of amides is 2. The summed E-state index contributed by atoms with van der Waals surface area (Å²) < 4.78 is 5.46. The molecule has 2 aliphatic carbocycles. The van der Waals surface area contributed by atoms with Gasteiger partial charge in [0.15, 0.2) is 5.78 Å². The van der Waals surface area contributed by atoms with E-state index in [1.807, 2.05) is 74.4 Å². The Morgan fingerprint density at radius 3 is 1.82 bits per heavy atom. The molecule has 2 aliphatic heterocycles. The summed E-state index contributed by atoms with van der Waals surface area (Å²) in [6, 6.07) is 16.0. The summed E-state index contributed by atoms with van der Waals surface area (Å²) in [5, 5.41) is 6.45. The van der Waals surface area contributed by atoms with Crippen molar-refractivity contribution in [2.45, 2.75) is 318 Å². The minimum atomic E-state index is -0.361. The van der Waals surface area contributed by atoms with Crippen LogP contribution in [0.4, 0.5) is 11.4 Å². The molecule has 7 rings (SSSR count). The Bertz CT molecular complexity index is 2500. The Morgan fingerprint density at radius 2 is 1.34 bits per heavy atom. The first-order chi connectivity index (χ1) is 43.3. The monoisotopic (exact) mass is 1240 g/mol. The summed E-state index contributed by atoms with van der Waals surface area (Å²) in [7, 11) is 3.74. The molecule has 2 aromatic carbocycles. The van der Waals surface area contributed by atoms with Gasteiger partial charge in [0.1, 0.15) is 17.6 Å². The zero-order valence-electron chi connectivity index (χ0n) is 62.2. The molecule has 9 nitrogen and oxygen atoms in total. The highest BCUT2D eigenvalue weighted by molar-refractivity contribution is 5.96. The highest BCUT2D eigenvalue weighted by atomic mass is 16.5. The molecule has 0 radical (unpaired) electrons. The van der Waals surface area contributed by atoms with E-state index in [1.54, 1.807) is 12.0 Å². The van der Waals surface area contributed by atoms with E-state index < -0.39 is 0 Å². The number of ether oxygens (including phenoxy) is 1. The predicted molar refractivity (Wildman–Crippen MR) is 395 cm³/mol. The number of aromatic nitrogens is 1. The third-order valence-electron chi connectivity index (χ3n) is 17.1. The van der Waals surface area contributed by atoms with Gasteiger partial charge in [-0.3, -0.25) is 19.4 Å². The van der Waals surface area contributed by atoms with Crippen LogP contribution in [0.3, 0.4) is 0 Å². The third kappa shape index (κ3) is 35.3. The number of aryl methyl sites for hydroxylation is 4. The van der Waals surface area contributed by atoms with E-state index in [2.05, 4.69) is 152 Å². The average Bonchev–Trinajstić information content (AvgIpc) is 2.19. The van der Waals surface area contributed by atoms with Gasteiger partial charge < -0.3 is 25.2 Å². The standard InChI is InChI=1S/C26H33N3O2.C18H22N2O2.C11H24.C9H20.C5H10.C4H10.C4H6.2C2H6/c1-7-25(31-6)19(4)22-16-20(15-18(3)27-22)24(30)10-8-9-11-26-28-21-13-12-17(2)14-23(21)29(26)5;1-12-3-4-13(2)15(9-12)10-20(11-21)17-8-7-16(14-5-6-14)19-18(17)22;1-5-8-11(9-6-2)10(4)7-3;1-4-7-8-9(5-2)6-3;1-2-4-5-3-1;2*1-3-4-2;2*1-2/h11-16,28H,7-10H2,1-6H3;3-4,9,11,17H,5-8,10H2,1-2H3,(H,19,22);10-11H,5-9H2,1-4H3;9H,4-8H2,1-3H3;1-5H2;3-4H2,1-2H3;1H,4H2,2H3;2*1-2H3/b25-19-,26-11-;;;;;;;;. The van der Waals surface area contributed by atoms with Gasteiger partial charge in [0.2, 0.25) is 12.3 Å². The smallest absolute Gasteiger partial charge is 0.246 e. The van der Waals surface area contributed by atoms with Crippen LogP contribution in [0.15, 0.2) is 77.5 Å². The van der Waals surface area contributed by atoms with Crippen molar-refractivity contribution >= 4 is 35.0 Å². The lowest BCUT2D eigenvalue weighted by Crippen LogP contribution is -2.49. The Labute approximate surface area is 555 Å². The number of benzene rings is 2. The van der Waals surface area contributed by atoms with E-state index in [1.165, 1.54) is 132 Å². The molecule has 2 saturated carbocycles. The molecule has 2 amide bonds. The molecule has 4 aliphatic rings. The fourth-order valence-electron chi connectivity index (χ4n) is 10.8. The quantitative estimate of drug-likeness (QED) is 0.0303. The molecule has 3 aromatic rings. The first kappa shape index (κ1) is 86.4. The minimum Gasteiger partial charge on any atom is -0.501 e. The number of hydrogen-bond donors (Lipinski definition) is 2. The molecule has 3 fully saturated rings. The van der Waals surface area contributed by atoms with Gasteiger partial charge in [0.25, 0.3) is 0 Å². The van der Waals surface area contributed by atoms with Crippen molar-refractivity contribution in [1.29, 1.82) is 0 Å². The van der Waals surface area contributed by atoms with E-state index in [4.69, 9.17) is 11.2 Å². The molecule has 2 unspecified atom stereocenters. The summed E-state index contributed by atoms with van der Waals surface area (Å²) in [5.41, 5.74) is 12.8. The maximum atomic E-state index is 12.8. The van der Waals surface area contributed by atoms with Crippen LogP contribution in [0.25, 0.3) is 5.57 Å². The summed E-state index contributed by atoms with van der Waals surface area (Å²) >= 11 is 0. The molecule has 0 bridgehead atoms. The van der Waals surface area contributed by atoms with Crippen molar-refractivity contribution in [3.8, 4) is 12.3 Å². The van der Waals surface area contributed by atoms with E-state index in [0.29, 0.717) is 19.4 Å². The largest absolute Gasteiger partial charge is 0.501 e. The van der Waals surface area contributed by atoms with Gasteiger partial charge in [0.05, 0.1) is 24.2 Å². The van der Waals surface area contributed by atoms with Crippen molar-refractivity contribution in [2.24, 2.45) is 17.8 Å². The SMILES string of the molecule is C#CCC.C1CCCC1.CC.CC.CC/C(OC)=C(\C)c1cc(C(=O)CCC/C=C2/Nc3ccc(C)cc3N2C)cc(C)n1.CCCC.CCCC(CCC)C(C)CC.CCCCC(CC)CC.Cc1ccc(C)c(CN(C=O)C2CCC(=C3CC3)NC2=O)c1. The lowest BCUT2D eigenvalue weighted by molar-refractivity contribution is -0.134. The van der Waals surface area contributed by atoms with Crippen LogP contribution in [-0.4, -0.2) is 48.2 Å². The van der Waals surface area contributed by atoms with Crippen molar-refractivity contribution in [3.63, 3.8) is 0 Å². The Kier molecular flexibility index (Phi) is 51.9. The van der Waals surface area contributed by atoms with E-state index >= 15 is 0 Å². The second-order valence-electron chi connectivity index (χ2n) is 24.3. The third-order valence-corrected chi connectivity index (χ3v) is 17.1. The lowest BCUT2D eigenvalue weighted by Gasteiger charge is -2.32. The van der Waals surface area contributed by atoms with Crippen molar-refractivity contribution in [1.82, 2.24) is 15.2 Å². The van der Waals surface area contributed by atoms with Gasteiger partial charge in [-0.05, 0) is 138 Å². The number of pyridine rings is 1. The summed E-state index contributed by atoms with van der Waals surface area (Å²) in [6.45, 7) is 43.1. The number of nitrogens with one attached hydrogen (secondary N) is 2. The predicted octanol–water partition coefficient (Wildman–Crippen LogP) is 23.5. The summed E-state index contributed by atoms with van der Waals surface area (Å²) in [6.07, 6.45) is 39.4. The maximum Gasteiger partial charge on any atom is 0.246 e. The number of Topliss-reactive ketones (excluding diaryl/α,β-unsaturated/α-hetero) is 1. The first-order valence-corrected chi connectivity index (χ1v) is 36.1. The van der Waals surface area contributed by atoms with Crippen LogP contribution < -0.4 is 15.5 Å². The minimum absolute atomic E-state index is 0.0435. The van der Waals surface area contributed by atoms with E-state index in [-0.39, 0.29) is 17.7 Å². The van der Waals surface area contributed by atoms with Gasteiger partial charge in [0, 0.05) is 55.4 Å². The molecule has 2 atom stereocenters. The summed E-state index contributed by atoms with van der Waals surface area (Å²) in [5.74, 6) is 7.45. The van der Waals surface area contributed by atoms with E-state index in [0.717, 1.165) is 126 Å². The van der Waals surface area contributed by atoms with Gasteiger partial charge >= 0.3 is 0 Å². The molecule has 1 saturated heterocycles. The number of terminal acetylenes is 1. The highest BCUT2D eigenvalue weighted by Gasteiger charge is 2.32. The van der Waals surface area contributed by atoms with Crippen LogP contribution in [-0.2, 0) is 20.9 Å². The zero-order chi connectivity index (χ0) is 68.4. The number of carbonyl (C=O) groups excluding carboxylic acids is 3. The van der Waals surface area contributed by atoms with Crippen LogP contribution in [0.2, 0.25) is 0 Å². The molecule has 1 aromatic heterocycles. The number of rotatable bonds is 24. The number of fused-ring (bicyclic) bond motifs is 1. The van der Waals surface area contributed by atoms with Crippen LogP contribution in [0.5, 0.6) is 0 Å². The van der Waals surface area contributed by atoms with Gasteiger partial charge in [-0.2, -0.15) is 0 Å². The number of unbranched alkanes of at least 4 members (excludes halogenated alkanes) is 3. The van der Waals surface area contributed by atoms with Crippen molar-refractivity contribution in [3.05, 3.63) is 117 Å². The summed E-state index contributed by atoms with van der Waals surface area (Å²) in [4.78, 5) is 45.1. The van der Waals surface area contributed by atoms with Crippen LogP contribution in [0.1, 0.15) is 322 Å². The number of ketones is 1. The number of carbonyl (C=O) groups is 3. The molecular formula is C81H137N5O4.